The molecule has 1 aliphatic carbocycles. The maximum absolute atomic E-state index is 12.2. The van der Waals surface area contributed by atoms with Gasteiger partial charge in [0.25, 0.3) is 0 Å². The topological polar surface area (TPSA) is 88.0 Å². The fourth-order valence-corrected chi connectivity index (χ4v) is 3.17. The summed E-state index contributed by atoms with van der Waals surface area (Å²) < 4.78 is 0. The van der Waals surface area contributed by atoms with E-state index in [0.717, 1.165) is 41.4 Å². The molecule has 1 aliphatic rings. The number of carbonyl (C=O) groups is 2. The van der Waals surface area contributed by atoms with Gasteiger partial charge in [0.2, 0.25) is 11.8 Å². The van der Waals surface area contributed by atoms with Crippen LogP contribution in [0.4, 0.5) is 0 Å². The third-order valence-corrected chi connectivity index (χ3v) is 4.16. The third-order valence-electron chi connectivity index (χ3n) is 3.92. The summed E-state index contributed by atoms with van der Waals surface area (Å²) in [4.78, 5) is 26.4. The number of nitrogens with one attached hydrogen (secondary N) is 2. The van der Waals surface area contributed by atoms with Gasteiger partial charge in [-0.05, 0) is 43.0 Å². The van der Waals surface area contributed by atoms with Crippen molar-refractivity contribution in [2.75, 3.05) is 6.54 Å². The number of aryl methyl sites for hydroxylation is 1. The second-order valence-electron chi connectivity index (χ2n) is 5.34. The highest BCUT2D eigenvalue weighted by molar-refractivity contribution is 6.31. The minimum absolute atomic E-state index is 0.128. The Morgan fingerprint density at radius 2 is 2.24 bits per heavy atom. The van der Waals surface area contributed by atoms with E-state index in [1.807, 2.05) is 18.2 Å². The molecule has 110 valence electrons. The first-order valence-electron chi connectivity index (χ1n) is 6.92. The molecule has 3 rings (SSSR count). The molecule has 1 aromatic carbocycles. The van der Waals surface area contributed by atoms with E-state index in [2.05, 4.69) is 10.3 Å². The lowest BCUT2D eigenvalue weighted by molar-refractivity contribution is -0.126. The molecule has 0 radical (unpaired) electrons. The molecular weight excluding hydrogens is 290 g/mol. The number of primary amides is 1. The predicted octanol–water partition coefficient (Wildman–Crippen LogP) is 1.84. The number of fused-ring (bicyclic) bond motifs is 3. The van der Waals surface area contributed by atoms with Crippen molar-refractivity contribution < 1.29 is 9.59 Å². The summed E-state index contributed by atoms with van der Waals surface area (Å²) in [5.74, 6) is -0.963. The Morgan fingerprint density at radius 3 is 3.00 bits per heavy atom. The van der Waals surface area contributed by atoms with Gasteiger partial charge in [-0.25, -0.2) is 0 Å². The van der Waals surface area contributed by atoms with E-state index in [9.17, 15) is 9.59 Å². The highest BCUT2D eigenvalue weighted by Gasteiger charge is 2.29. The van der Waals surface area contributed by atoms with Gasteiger partial charge in [-0.15, -0.1) is 0 Å². The van der Waals surface area contributed by atoms with Crippen LogP contribution in [0.5, 0.6) is 0 Å². The van der Waals surface area contributed by atoms with E-state index in [0.29, 0.717) is 5.02 Å². The van der Waals surface area contributed by atoms with Crippen molar-refractivity contribution in [2.45, 2.75) is 25.2 Å². The molecule has 0 bridgehead atoms. The van der Waals surface area contributed by atoms with Crippen molar-refractivity contribution in [3.8, 4) is 0 Å². The Morgan fingerprint density at radius 1 is 1.43 bits per heavy atom. The Labute approximate surface area is 126 Å². The number of rotatable bonds is 3. The zero-order chi connectivity index (χ0) is 15.0. The number of aromatic amines is 1. The van der Waals surface area contributed by atoms with Crippen LogP contribution < -0.4 is 11.1 Å². The van der Waals surface area contributed by atoms with Gasteiger partial charge in [0, 0.05) is 21.6 Å². The smallest absolute Gasteiger partial charge is 0.236 e. The van der Waals surface area contributed by atoms with Gasteiger partial charge in [-0.2, -0.15) is 0 Å². The third kappa shape index (κ3) is 2.61. The molecule has 1 atom stereocenters. The van der Waals surface area contributed by atoms with Gasteiger partial charge in [0.1, 0.15) is 0 Å². The summed E-state index contributed by atoms with van der Waals surface area (Å²) in [6.07, 6.45) is 2.62. The number of benzene rings is 1. The number of aromatic nitrogens is 1. The zero-order valence-corrected chi connectivity index (χ0v) is 12.2. The van der Waals surface area contributed by atoms with Gasteiger partial charge >= 0.3 is 0 Å². The molecular formula is C15H16ClN3O2. The normalized spacial score (nSPS) is 17.5. The van der Waals surface area contributed by atoms with Crippen LogP contribution >= 0.6 is 11.6 Å². The Kier molecular flexibility index (Phi) is 3.59. The second-order valence-corrected chi connectivity index (χ2v) is 5.77. The van der Waals surface area contributed by atoms with Crippen LogP contribution in [-0.2, 0) is 16.0 Å². The van der Waals surface area contributed by atoms with Crippen LogP contribution in [-0.4, -0.2) is 23.3 Å². The summed E-state index contributed by atoms with van der Waals surface area (Å²) in [5, 5.41) is 4.35. The van der Waals surface area contributed by atoms with Crippen LogP contribution in [0, 0.1) is 0 Å². The van der Waals surface area contributed by atoms with Gasteiger partial charge in [0.15, 0.2) is 0 Å². The first-order valence-corrected chi connectivity index (χ1v) is 7.30. The second kappa shape index (κ2) is 5.41. The number of nitrogens with two attached hydrogens (primary N) is 1. The van der Waals surface area contributed by atoms with E-state index >= 15 is 0 Å². The Balaban J connectivity index is 1.96. The largest absolute Gasteiger partial charge is 0.368 e. The zero-order valence-electron chi connectivity index (χ0n) is 11.4. The average molecular weight is 306 g/mol. The molecule has 21 heavy (non-hydrogen) atoms. The molecule has 0 saturated heterocycles. The van der Waals surface area contributed by atoms with Crippen LogP contribution in [0.25, 0.3) is 10.9 Å². The number of hydrogen-bond donors (Lipinski definition) is 3. The molecule has 0 unspecified atom stereocenters. The molecule has 5 nitrogen and oxygen atoms in total. The summed E-state index contributed by atoms with van der Waals surface area (Å²) >= 11 is 6.06. The molecule has 0 saturated carbocycles. The summed E-state index contributed by atoms with van der Waals surface area (Å²) in [6, 6.07) is 5.68. The van der Waals surface area contributed by atoms with E-state index in [-0.39, 0.29) is 18.4 Å². The first kappa shape index (κ1) is 13.9. The van der Waals surface area contributed by atoms with Gasteiger partial charge < -0.3 is 16.0 Å². The number of hydrogen-bond acceptors (Lipinski definition) is 2. The number of H-pyrrole nitrogens is 1. The lowest BCUT2D eigenvalue weighted by atomic mass is 9.86. The molecule has 4 N–H and O–H groups in total. The van der Waals surface area contributed by atoms with Crippen molar-refractivity contribution in [1.29, 1.82) is 0 Å². The number of amides is 2. The maximum atomic E-state index is 12.2. The standard InChI is InChI=1S/C15H16ClN3O2/c16-8-4-5-12-11(6-8)9-2-1-3-10(14(9)19-12)15(21)18-7-13(17)20/h4-6,10,19H,1-3,7H2,(H2,17,20)(H,18,21)/t10-/m1/s1. The fraction of sp³-hybridized carbons (Fsp3) is 0.333. The summed E-state index contributed by atoms with van der Waals surface area (Å²) in [5.41, 5.74) is 8.13. The van der Waals surface area contributed by atoms with E-state index in [1.165, 1.54) is 0 Å². The van der Waals surface area contributed by atoms with Crippen LogP contribution in [0.1, 0.15) is 30.0 Å². The lowest BCUT2D eigenvalue weighted by Gasteiger charge is -2.21. The van der Waals surface area contributed by atoms with Gasteiger partial charge in [-0.3, -0.25) is 9.59 Å². The quantitative estimate of drug-likeness (QED) is 0.808. The monoisotopic (exact) mass is 305 g/mol. The molecule has 1 heterocycles. The molecule has 6 heteroatoms. The van der Waals surface area contributed by atoms with E-state index in [1.54, 1.807) is 0 Å². The van der Waals surface area contributed by atoms with Crippen LogP contribution in [0.3, 0.4) is 0 Å². The van der Waals surface area contributed by atoms with Crippen molar-refractivity contribution in [2.24, 2.45) is 5.73 Å². The highest BCUT2D eigenvalue weighted by Crippen LogP contribution is 2.36. The molecule has 0 fully saturated rings. The van der Waals surface area contributed by atoms with E-state index < -0.39 is 5.91 Å². The molecule has 0 spiro atoms. The molecule has 0 aliphatic heterocycles. The minimum Gasteiger partial charge on any atom is -0.368 e. The minimum atomic E-state index is -0.539. The van der Waals surface area contributed by atoms with Crippen molar-refractivity contribution in [1.82, 2.24) is 10.3 Å². The van der Waals surface area contributed by atoms with Crippen molar-refractivity contribution in [3.05, 3.63) is 34.5 Å². The fourth-order valence-electron chi connectivity index (χ4n) is 2.99. The first-order chi connectivity index (χ1) is 10.1. The molecule has 1 aromatic heterocycles. The average Bonchev–Trinajstić information content (AvgIpc) is 2.82. The van der Waals surface area contributed by atoms with Crippen molar-refractivity contribution >= 4 is 34.3 Å². The van der Waals surface area contributed by atoms with Crippen LogP contribution in [0.15, 0.2) is 18.2 Å². The summed E-state index contributed by atoms with van der Waals surface area (Å²) in [7, 11) is 0. The SMILES string of the molecule is NC(=O)CNC(=O)[C@@H]1CCCc2c1[nH]c1ccc(Cl)cc21. The van der Waals surface area contributed by atoms with Crippen molar-refractivity contribution in [3.63, 3.8) is 0 Å². The highest BCUT2D eigenvalue weighted by atomic mass is 35.5. The Bertz CT molecular complexity index is 723. The number of carbonyl (C=O) groups excluding carboxylic acids is 2. The molecule has 2 amide bonds. The molecule has 2 aromatic rings. The lowest BCUT2D eigenvalue weighted by Crippen LogP contribution is -2.37. The predicted molar refractivity (Wildman–Crippen MR) is 81.2 cm³/mol. The summed E-state index contributed by atoms with van der Waals surface area (Å²) in [6.45, 7) is -0.128. The Hall–Kier alpha value is -2.01. The van der Waals surface area contributed by atoms with Gasteiger partial charge in [-0.1, -0.05) is 11.6 Å². The van der Waals surface area contributed by atoms with Gasteiger partial charge in [0.05, 0.1) is 12.5 Å². The number of halogens is 1. The maximum Gasteiger partial charge on any atom is 0.236 e. The van der Waals surface area contributed by atoms with Crippen LogP contribution in [0.2, 0.25) is 5.02 Å². The van der Waals surface area contributed by atoms with E-state index in [4.69, 9.17) is 17.3 Å².